The first-order valence-corrected chi connectivity index (χ1v) is 8.18. The van der Waals surface area contributed by atoms with Crippen molar-refractivity contribution in [2.75, 3.05) is 20.2 Å². The number of aromatic hydroxyl groups is 1. The summed E-state index contributed by atoms with van der Waals surface area (Å²) in [6.45, 7) is 1.14. The number of aliphatic hydroxyl groups excluding tert-OH is 1. The highest BCUT2D eigenvalue weighted by molar-refractivity contribution is 5.61. The number of rotatable bonds is 1. The molecule has 2 N–H and O–H groups in total. The van der Waals surface area contributed by atoms with Crippen LogP contribution in [0, 0.1) is 11.8 Å². The molecule has 0 aromatic heterocycles. The van der Waals surface area contributed by atoms with Crippen molar-refractivity contribution in [2.45, 2.75) is 30.4 Å². The van der Waals surface area contributed by atoms with E-state index in [2.05, 4.69) is 30.2 Å². The van der Waals surface area contributed by atoms with Crippen molar-refractivity contribution in [3.8, 4) is 11.5 Å². The van der Waals surface area contributed by atoms with Gasteiger partial charge in [-0.1, -0.05) is 18.2 Å². The number of likely N-dealkylation sites (N-methyl/N-ethyl adjacent to an activating group) is 1. The Morgan fingerprint density at radius 3 is 3.05 bits per heavy atom. The SMILES string of the molecule is CN1CC[C@]23c4c5ccc(O)c4OC2C(CO)C=CC3C1C5. The zero-order chi connectivity index (χ0) is 15.1. The predicted octanol–water partition coefficient (Wildman–Crippen LogP) is 1.45. The summed E-state index contributed by atoms with van der Waals surface area (Å²) in [6.07, 6.45) is 6.43. The standard InChI is InChI=1S/C18H21NO3/c1-19-7-6-18-12-4-2-11(9-20)17(18)22-16-14(21)5-3-10(15(16)18)8-13(12)19/h2-5,11-13,17,20-21H,6-9H2,1H3/t11?,12?,13?,17?,18-/m0/s1. The molecule has 116 valence electrons. The smallest absolute Gasteiger partial charge is 0.165 e. The molecular weight excluding hydrogens is 278 g/mol. The van der Waals surface area contributed by atoms with Crippen LogP contribution in [0.4, 0.5) is 0 Å². The summed E-state index contributed by atoms with van der Waals surface area (Å²) in [5.74, 6) is 1.35. The third-order valence-electron chi connectivity index (χ3n) is 6.49. The Morgan fingerprint density at radius 2 is 2.23 bits per heavy atom. The molecule has 4 aliphatic rings. The molecule has 4 nitrogen and oxygen atoms in total. The highest BCUT2D eigenvalue weighted by Crippen LogP contribution is 2.63. The first-order chi connectivity index (χ1) is 10.7. The first kappa shape index (κ1) is 13.0. The van der Waals surface area contributed by atoms with Crippen molar-refractivity contribution in [2.24, 2.45) is 11.8 Å². The van der Waals surface area contributed by atoms with E-state index < -0.39 is 0 Å². The number of piperidine rings is 1. The number of ether oxygens (including phenoxy) is 1. The van der Waals surface area contributed by atoms with E-state index >= 15 is 0 Å². The quantitative estimate of drug-likeness (QED) is 0.771. The van der Waals surface area contributed by atoms with Crippen molar-refractivity contribution in [3.05, 3.63) is 35.4 Å². The second-order valence-corrected chi connectivity index (χ2v) is 7.29. The van der Waals surface area contributed by atoms with Crippen molar-refractivity contribution in [1.29, 1.82) is 0 Å². The van der Waals surface area contributed by atoms with E-state index in [1.165, 1.54) is 11.1 Å². The van der Waals surface area contributed by atoms with Gasteiger partial charge in [-0.3, -0.25) is 0 Å². The Morgan fingerprint density at radius 1 is 1.36 bits per heavy atom. The van der Waals surface area contributed by atoms with Crippen molar-refractivity contribution in [3.63, 3.8) is 0 Å². The number of benzene rings is 1. The van der Waals surface area contributed by atoms with Crippen LogP contribution in [-0.4, -0.2) is 47.5 Å². The lowest BCUT2D eigenvalue weighted by Gasteiger charge is -2.57. The van der Waals surface area contributed by atoms with Gasteiger partial charge in [0.05, 0.1) is 6.61 Å². The molecular formula is C18H21NO3. The number of hydrogen-bond donors (Lipinski definition) is 2. The molecule has 0 saturated carbocycles. The molecule has 4 heteroatoms. The van der Waals surface area contributed by atoms with Gasteiger partial charge in [-0.2, -0.15) is 0 Å². The van der Waals surface area contributed by atoms with Crippen molar-refractivity contribution >= 4 is 0 Å². The van der Waals surface area contributed by atoms with Crippen LogP contribution in [0.3, 0.4) is 0 Å². The first-order valence-electron chi connectivity index (χ1n) is 8.18. The summed E-state index contributed by atoms with van der Waals surface area (Å²) < 4.78 is 6.27. The third kappa shape index (κ3) is 1.28. The van der Waals surface area contributed by atoms with Gasteiger partial charge in [0.15, 0.2) is 11.5 Å². The van der Waals surface area contributed by atoms with E-state index in [0.717, 1.165) is 19.4 Å². The molecule has 1 aromatic rings. The van der Waals surface area contributed by atoms with Crippen molar-refractivity contribution in [1.82, 2.24) is 4.90 Å². The van der Waals surface area contributed by atoms with Crippen LogP contribution in [0.2, 0.25) is 0 Å². The van der Waals surface area contributed by atoms with E-state index in [1.54, 1.807) is 6.07 Å². The Kier molecular flexibility index (Phi) is 2.39. The normalized spacial score (nSPS) is 41.2. The van der Waals surface area contributed by atoms with Crippen LogP contribution in [0.15, 0.2) is 24.3 Å². The lowest BCUT2D eigenvalue weighted by Crippen LogP contribution is -2.64. The van der Waals surface area contributed by atoms with Crippen LogP contribution in [-0.2, 0) is 11.8 Å². The van der Waals surface area contributed by atoms with E-state index in [-0.39, 0.29) is 29.8 Å². The van der Waals surface area contributed by atoms with Gasteiger partial charge in [-0.25, -0.2) is 0 Å². The van der Waals surface area contributed by atoms with Crippen LogP contribution in [0.1, 0.15) is 17.5 Å². The summed E-state index contributed by atoms with van der Waals surface area (Å²) in [5, 5.41) is 20.1. The average molecular weight is 299 g/mol. The molecule has 5 rings (SSSR count). The predicted molar refractivity (Wildman–Crippen MR) is 82.1 cm³/mol. The van der Waals surface area contributed by atoms with Gasteiger partial charge in [0.2, 0.25) is 0 Å². The van der Waals surface area contributed by atoms with E-state index in [9.17, 15) is 10.2 Å². The Labute approximate surface area is 130 Å². The zero-order valence-electron chi connectivity index (χ0n) is 12.7. The van der Waals surface area contributed by atoms with E-state index in [4.69, 9.17) is 4.74 Å². The summed E-state index contributed by atoms with van der Waals surface area (Å²) in [7, 11) is 2.21. The van der Waals surface area contributed by atoms with Crippen LogP contribution in [0.5, 0.6) is 11.5 Å². The zero-order valence-corrected chi connectivity index (χ0v) is 12.7. The fraction of sp³-hybridized carbons (Fsp3) is 0.556. The minimum absolute atomic E-state index is 0.0121. The third-order valence-corrected chi connectivity index (χ3v) is 6.49. The van der Waals surface area contributed by atoms with E-state index in [0.29, 0.717) is 17.7 Å². The van der Waals surface area contributed by atoms with Crippen LogP contribution < -0.4 is 4.74 Å². The molecule has 4 unspecified atom stereocenters. The van der Waals surface area contributed by atoms with Gasteiger partial charge < -0.3 is 19.8 Å². The van der Waals surface area contributed by atoms with Crippen LogP contribution in [0.25, 0.3) is 0 Å². The Bertz CT molecular complexity index is 685. The summed E-state index contributed by atoms with van der Waals surface area (Å²) in [4.78, 5) is 2.46. The second kappa shape index (κ2) is 4.06. The maximum absolute atomic E-state index is 10.3. The monoisotopic (exact) mass is 299 g/mol. The molecule has 0 amide bonds. The van der Waals surface area contributed by atoms with Gasteiger partial charge in [0, 0.05) is 28.9 Å². The highest BCUT2D eigenvalue weighted by Gasteiger charge is 2.63. The maximum atomic E-state index is 10.3. The fourth-order valence-electron chi connectivity index (χ4n) is 5.52. The topological polar surface area (TPSA) is 52.9 Å². The number of aliphatic hydroxyl groups is 1. The van der Waals surface area contributed by atoms with Gasteiger partial charge in [0.25, 0.3) is 0 Å². The number of phenolic OH excluding ortho intramolecular Hbond substituents is 1. The summed E-state index contributed by atoms with van der Waals surface area (Å²) in [6, 6.07) is 4.31. The number of hydrogen-bond acceptors (Lipinski definition) is 4. The molecule has 2 aliphatic carbocycles. The molecule has 2 heterocycles. The minimum Gasteiger partial charge on any atom is -0.504 e. The van der Waals surface area contributed by atoms with Crippen LogP contribution >= 0.6 is 0 Å². The van der Waals surface area contributed by atoms with Crippen molar-refractivity contribution < 1.29 is 14.9 Å². The number of phenols is 1. The number of nitrogens with zero attached hydrogens (tertiary/aromatic N) is 1. The molecule has 1 spiro atoms. The fourth-order valence-corrected chi connectivity index (χ4v) is 5.52. The minimum atomic E-state index is -0.0685. The Balaban J connectivity index is 1.81. The average Bonchev–Trinajstić information content (AvgIpc) is 2.88. The largest absolute Gasteiger partial charge is 0.504 e. The maximum Gasteiger partial charge on any atom is 0.165 e. The van der Waals surface area contributed by atoms with Gasteiger partial charge in [0.1, 0.15) is 6.10 Å². The van der Waals surface area contributed by atoms with Gasteiger partial charge in [-0.05, 0) is 38.1 Å². The molecule has 1 saturated heterocycles. The van der Waals surface area contributed by atoms with Gasteiger partial charge in [-0.15, -0.1) is 0 Å². The lowest BCUT2D eigenvalue weighted by atomic mass is 9.52. The summed E-state index contributed by atoms with van der Waals surface area (Å²) >= 11 is 0. The molecule has 22 heavy (non-hydrogen) atoms. The number of likely N-dealkylation sites (tertiary alicyclic amines) is 1. The second-order valence-electron chi connectivity index (χ2n) is 7.29. The van der Waals surface area contributed by atoms with Gasteiger partial charge >= 0.3 is 0 Å². The molecule has 2 aliphatic heterocycles. The molecule has 5 atom stereocenters. The molecule has 0 radical (unpaired) electrons. The molecule has 1 fully saturated rings. The Hall–Kier alpha value is -1.52. The lowest BCUT2D eigenvalue weighted by molar-refractivity contribution is -0.0269. The summed E-state index contributed by atoms with van der Waals surface area (Å²) in [5.41, 5.74) is 2.48. The molecule has 2 bridgehead atoms. The highest BCUT2D eigenvalue weighted by atomic mass is 16.5. The van der Waals surface area contributed by atoms with E-state index in [1.807, 2.05) is 0 Å². The molecule has 1 aromatic carbocycles.